The summed E-state index contributed by atoms with van der Waals surface area (Å²) < 4.78 is 5.25. The average Bonchev–Trinajstić information content (AvgIpc) is 2.31. The van der Waals surface area contributed by atoms with Crippen LogP contribution in [-0.4, -0.2) is 12.1 Å². The predicted octanol–water partition coefficient (Wildman–Crippen LogP) is 4.23. The van der Waals surface area contributed by atoms with Gasteiger partial charge < -0.3 is 4.74 Å². The molecule has 2 aromatic rings. The summed E-state index contributed by atoms with van der Waals surface area (Å²) in [6.07, 6.45) is 0. The van der Waals surface area contributed by atoms with Crippen LogP contribution in [0.5, 0.6) is 5.75 Å². The lowest BCUT2D eigenvalue weighted by molar-refractivity contribution is 0.420. The first kappa shape index (κ1) is 12.8. The maximum absolute atomic E-state index is 5.89. The minimum atomic E-state index is 0.500. The molecule has 0 aliphatic carbocycles. The summed E-state index contributed by atoms with van der Waals surface area (Å²) in [4.78, 5) is 4.19. The Bertz CT molecular complexity index is 483. The average molecular weight is 238 g/mol. The van der Waals surface area contributed by atoms with Crippen molar-refractivity contribution in [2.45, 2.75) is 20.8 Å². The topological polar surface area (TPSA) is 22.1 Å². The highest BCUT2D eigenvalue weighted by atomic mass is 35.5. The van der Waals surface area contributed by atoms with Crippen LogP contribution in [0.3, 0.4) is 0 Å². The van der Waals surface area contributed by atoms with Crippen LogP contribution in [0, 0.1) is 6.92 Å². The molecule has 0 saturated heterocycles. The molecule has 1 aromatic heterocycles. The summed E-state index contributed by atoms with van der Waals surface area (Å²) in [6.45, 7) is 5.94. The number of nitrogens with zero attached hydrogens (tertiary/aromatic N) is 1. The lowest BCUT2D eigenvalue weighted by atomic mass is 10.1. The van der Waals surface area contributed by atoms with E-state index in [1.807, 2.05) is 45.0 Å². The SMILES string of the molecule is CC.COc1cccc2c(C)nc(Cl)cc12. The van der Waals surface area contributed by atoms with Crippen LogP contribution in [0.25, 0.3) is 10.8 Å². The molecule has 0 unspecified atom stereocenters. The van der Waals surface area contributed by atoms with Crippen molar-refractivity contribution < 1.29 is 4.74 Å². The van der Waals surface area contributed by atoms with Gasteiger partial charge in [-0.1, -0.05) is 37.6 Å². The van der Waals surface area contributed by atoms with E-state index in [0.29, 0.717) is 5.15 Å². The summed E-state index contributed by atoms with van der Waals surface area (Å²) in [6, 6.07) is 7.70. The Morgan fingerprint density at radius 2 is 1.88 bits per heavy atom. The Balaban J connectivity index is 0.000000606. The van der Waals surface area contributed by atoms with E-state index in [9.17, 15) is 0 Å². The third kappa shape index (κ3) is 2.45. The number of rotatable bonds is 1. The molecular formula is C13H16ClNO. The second kappa shape index (κ2) is 5.71. The molecule has 0 spiro atoms. The molecule has 0 radical (unpaired) electrons. The molecule has 0 bridgehead atoms. The number of benzene rings is 1. The number of halogens is 1. The number of methoxy groups -OCH3 is 1. The summed E-state index contributed by atoms with van der Waals surface area (Å²) in [5, 5.41) is 2.58. The summed E-state index contributed by atoms with van der Waals surface area (Å²) in [5.74, 6) is 0.829. The fraction of sp³-hybridized carbons (Fsp3) is 0.308. The highest BCUT2D eigenvalue weighted by Crippen LogP contribution is 2.28. The maximum atomic E-state index is 5.89. The Labute approximate surface area is 101 Å². The zero-order valence-corrected chi connectivity index (χ0v) is 10.8. The molecule has 0 aliphatic heterocycles. The third-order valence-corrected chi connectivity index (χ3v) is 2.41. The van der Waals surface area contributed by atoms with Gasteiger partial charge in [-0.3, -0.25) is 0 Å². The van der Waals surface area contributed by atoms with Gasteiger partial charge in [-0.15, -0.1) is 0 Å². The molecule has 0 atom stereocenters. The molecular weight excluding hydrogens is 222 g/mol. The zero-order chi connectivity index (χ0) is 12.1. The van der Waals surface area contributed by atoms with Crippen molar-refractivity contribution in [2.75, 3.05) is 7.11 Å². The van der Waals surface area contributed by atoms with Gasteiger partial charge in [-0.05, 0) is 19.1 Å². The molecule has 0 amide bonds. The number of aromatic nitrogens is 1. The summed E-state index contributed by atoms with van der Waals surface area (Å²) >= 11 is 5.89. The highest BCUT2D eigenvalue weighted by molar-refractivity contribution is 6.30. The van der Waals surface area contributed by atoms with E-state index >= 15 is 0 Å². The van der Waals surface area contributed by atoms with E-state index in [0.717, 1.165) is 22.2 Å². The van der Waals surface area contributed by atoms with Gasteiger partial charge in [0, 0.05) is 16.5 Å². The number of hydrogen-bond donors (Lipinski definition) is 0. The van der Waals surface area contributed by atoms with Crippen molar-refractivity contribution in [2.24, 2.45) is 0 Å². The Kier molecular flexibility index (Phi) is 4.56. The van der Waals surface area contributed by atoms with Crippen molar-refractivity contribution in [3.8, 4) is 5.75 Å². The molecule has 1 aromatic carbocycles. The largest absolute Gasteiger partial charge is 0.496 e. The molecule has 2 nitrogen and oxygen atoms in total. The van der Waals surface area contributed by atoms with Crippen molar-refractivity contribution in [1.82, 2.24) is 4.98 Å². The molecule has 0 saturated carbocycles. The molecule has 0 fully saturated rings. The van der Waals surface area contributed by atoms with Crippen LogP contribution in [0.4, 0.5) is 0 Å². The lowest BCUT2D eigenvalue weighted by Gasteiger charge is -2.06. The normalized spacial score (nSPS) is 9.56. The van der Waals surface area contributed by atoms with E-state index in [2.05, 4.69) is 4.98 Å². The van der Waals surface area contributed by atoms with Crippen LogP contribution < -0.4 is 4.74 Å². The van der Waals surface area contributed by atoms with Crippen molar-refractivity contribution in [3.05, 3.63) is 35.1 Å². The lowest BCUT2D eigenvalue weighted by Crippen LogP contribution is -1.89. The van der Waals surface area contributed by atoms with Crippen molar-refractivity contribution in [1.29, 1.82) is 0 Å². The van der Waals surface area contributed by atoms with Gasteiger partial charge in [0.1, 0.15) is 10.9 Å². The second-order valence-electron chi connectivity index (χ2n) is 3.09. The molecule has 0 aliphatic rings. The van der Waals surface area contributed by atoms with Crippen LogP contribution >= 0.6 is 11.6 Å². The first-order valence-corrected chi connectivity index (χ1v) is 5.70. The Hall–Kier alpha value is -1.28. The van der Waals surface area contributed by atoms with Crippen molar-refractivity contribution >= 4 is 22.4 Å². The minimum Gasteiger partial charge on any atom is -0.496 e. The molecule has 16 heavy (non-hydrogen) atoms. The number of ether oxygens (including phenoxy) is 1. The fourth-order valence-electron chi connectivity index (χ4n) is 1.56. The van der Waals surface area contributed by atoms with Gasteiger partial charge in [0.2, 0.25) is 0 Å². The van der Waals surface area contributed by atoms with Crippen LogP contribution in [0.15, 0.2) is 24.3 Å². The molecule has 1 heterocycles. The highest BCUT2D eigenvalue weighted by Gasteiger charge is 2.05. The van der Waals surface area contributed by atoms with E-state index in [1.165, 1.54) is 0 Å². The Morgan fingerprint density at radius 1 is 1.19 bits per heavy atom. The summed E-state index contributed by atoms with van der Waals surface area (Å²) in [7, 11) is 1.65. The quantitative estimate of drug-likeness (QED) is 0.693. The van der Waals surface area contributed by atoms with Gasteiger partial charge in [0.15, 0.2) is 0 Å². The number of aryl methyl sites for hydroxylation is 1. The van der Waals surface area contributed by atoms with Gasteiger partial charge in [0.05, 0.1) is 7.11 Å². The maximum Gasteiger partial charge on any atom is 0.130 e. The van der Waals surface area contributed by atoms with Gasteiger partial charge >= 0.3 is 0 Å². The van der Waals surface area contributed by atoms with E-state index in [1.54, 1.807) is 7.11 Å². The van der Waals surface area contributed by atoms with Crippen LogP contribution in [-0.2, 0) is 0 Å². The molecule has 86 valence electrons. The first-order chi connectivity index (χ1) is 7.72. The van der Waals surface area contributed by atoms with E-state index < -0.39 is 0 Å². The van der Waals surface area contributed by atoms with E-state index in [4.69, 9.17) is 16.3 Å². The third-order valence-electron chi connectivity index (χ3n) is 2.21. The summed E-state index contributed by atoms with van der Waals surface area (Å²) in [5.41, 5.74) is 0.923. The van der Waals surface area contributed by atoms with Gasteiger partial charge in [0.25, 0.3) is 0 Å². The number of hydrogen-bond acceptors (Lipinski definition) is 2. The van der Waals surface area contributed by atoms with Gasteiger partial charge in [-0.25, -0.2) is 4.98 Å². The number of fused-ring (bicyclic) bond motifs is 1. The second-order valence-corrected chi connectivity index (χ2v) is 3.47. The molecule has 0 N–H and O–H groups in total. The smallest absolute Gasteiger partial charge is 0.130 e. The standard InChI is InChI=1S/C11H10ClNO.C2H6/c1-7-8-4-3-5-10(14-2)9(8)6-11(12)13-7;1-2/h3-6H,1-2H3;1-2H3. The molecule has 3 heteroatoms. The van der Waals surface area contributed by atoms with Crippen LogP contribution in [0.1, 0.15) is 19.5 Å². The zero-order valence-electron chi connectivity index (χ0n) is 10.0. The first-order valence-electron chi connectivity index (χ1n) is 5.32. The fourth-order valence-corrected chi connectivity index (χ4v) is 1.79. The van der Waals surface area contributed by atoms with Crippen molar-refractivity contribution in [3.63, 3.8) is 0 Å². The minimum absolute atomic E-state index is 0.500. The molecule has 2 rings (SSSR count). The number of pyridine rings is 1. The monoisotopic (exact) mass is 237 g/mol. The predicted molar refractivity (Wildman–Crippen MR) is 69.4 cm³/mol. The van der Waals surface area contributed by atoms with Gasteiger partial charge in [-0.2, -0.15) is 0 Å². The van der Waals surface area contributed by atoms with E-state index in [-0.39, 0.29) is 0 Å². The van der Waals surface area contributed by atoms with Crippen LogP contribution in [0.2, 0.25) is 5.15 Å². The Morgan fingerprint density at radius 3 is 2.50 bits per heavy atom.